The molecular weight excluding hydrogens is 308 g/mol. The fourth-order valence-electron chi connectivity index (χ4n) is 2.81. The molecule has 1 atom stereocenters. The summed E-state index contributed by atoms with van der Waals surface area (Å²) in [5.74, 6) is -0.585. The van der Waals surface area contributed by atoms with E-state index in [1.54, 1.807) is 24.3 Å². The molecule has 24 heavy (non-hydrogen) atoms. The van der Waals surface area contributed by atoms with Crippen LogP contribution in [0.5, 0.6) is 0 Å². The molecule has 0 saturated heterocycles. The molecule has 0 radical (unpaired) electrons. The second-order valence-electron chi connectivity index (χ2n) is 6.98. The molecule has 0 amide bonds. The average Bonchev–Trinajstić information content (AvgIpc) is 3.35. The number of hydrogen-bond donors (Lipinski definition) is 0. The molecule has 0 bridgehead atoms. The number of esters is 1. The lowest BCUT2D eigenvalue weighted by atomic mass is 10.1. The molecule has 0 aliphatic heterocycles. The summed E-state index contributed by atoms with van der Waals surface area (Å²) in [6.45, 7) is 4.20. The molecule has 1 aromatic rings. The Morgan fingerprint density at radius 3 is 2.21 bits per heavy atom. The van der Waals surface area contributed by atoms with Gasteiger partial charge >= 0.3 is 5.97 Å². The molecule has 0 spiro atoms. The first-order valence-corrected chi connectivity index (χ1v) is 8.47. The summed E-state index contributed by atoms with van der Waals surface area (Å²) >= 11 is 0. The number of carbonyl (C=O) groups is 3. The third-order valence-corrected chi connectivity index (χ3v) is 4.30. The highest BCUT2D eigenvalue weighted by atomic mass is 16.6. The first-order valence-electron chi connectivity index (χ1n) is 8.47. The summed E-state index contributed by atoms with van der Waals surface area (Å²) in [4.78, 5) is 37.2. The summed E-state index contributed by atoms with van der Waals surface area (Å²) in [6, 6.07) is 6.66. The van der Waals surface area contributed by atoms with Crippen molar-refractivity contribution in [2.75, 3.05) is 6.61 Å². The summed E-state index contributed by atoms with van der Waals surface area (Å²) in [7, 11) is 0. The van der Waals surface area contributed by atoms with E-state index in [0.29, 0.717) is 30.1 Å². The van der Waals surface area contributed by atoms with Gasteiger partial charge in [0, 0.05) is 11.1 Å². The lowest BCUT2D eigenvalue weighted by molar-refractivity contribution is -0.160. The molecule has 1 aromatic carbocycles. The second kappa shape index (κ2) is 6.85. The zero-order valence-corrected chi connectivity index (χ0v) is 14.0. The molecule has 0 heterocycles. The van der Waals surface area contributed by atoms with E-state index in [1.807, 2.05) is 13.8 Å². The first-order chi connectivity index (χ1) is 11.5. The number of ketones is 2. The van der Waals surface area contributed by atoms with Gasteiger partial charge in [-0.2, -0.15) is 0 Å². The standard InChI is InChI=1S/C19H22O5/c1-11(2)10-23-19(22)15(9-12-7-8-12)24-18-16(20)13-5-3-4-6-14(13)17(18)21/h3-6,11-12,15,18H,7-10H2,1-2H3/t15-/m1/s1. The van der Waals surface area contributed by atoms with E-state index in [2.05, 4.69) is 0 Å². The van der Waals surface area contributed by atoms with Crippen LogP contribution in [-0.4, -0.2) is 36.4 Å². The molecular formula is C19H22O5. The van der Waals surface area contributed by atoms with Crippen LogP contribution in [0.2, 0.25) is 0 Å². The van der Waals surface area contributed by atoms with Gasteiger partial charge in [-0.1, -0.05) is 51.0 Å². The minimum absolute atomic E-state index is 0.217. The number of rotatable bonds is 7. The van der Waals surface area contributed by atoms with Gasteiger partial charge in [-0.05, 0) is 18.3 Å². The van der Waals surface area contributed by atoms with Crippen molar-refractivity contribution in [2.24, 2.45) is 11.8 Å². The molecule has 128 valence electrons. The van der Waals surface area contributed by atoms with Crippen LogP contribution >= 0.6 is 0 Å². The van der Waals surface area contributed by atoms with Crippen molar-refractivity contribution in [3.63, 3.8) is 0 Å². The van der Waals surface area contributed by atoms with Gasteiger partial charge in [-0.3, -0.25) is 9.59 Å². The highest BCUT2D eigenvalue weighted by molar-refractivity contribution is 6.28. The van der Waals surface area contributed by atoms with Crippen LogP contribution in [-0.2, 0) is 14.3 Å². The Morgan fingerprint density at radius 2 is 1.71 bits per heavy atom. The van der Waals surface area contributed by atoms with Crippen LogP contribution in [0.4, 0.5) is 0 Å². The van der Waals surface area contributed by atoms with Crippen LogP contribution in [0.3, 0.4) is 0 Å². The molecule has 1 fully saturated rings. The molecule has 2 aliphatic carbocycles. The van der Waals surface area contributed by atoms with Gasteiger partial charge in [0.25, 0.3) is 0 Å². The van der Waals surface area contributed by atoms with Gasteiger partial charge in [-0.25, -0.2) is 4.79 Å². The minimum atomic E-state index is -1.22. The molecule has 5 heteroatoms. The van der Waals surface area contributed by atoms with E-state index in [-0.39, 0.29) is 17.5 Å². The summed E-state index contributed by atoms with van der Waals surface area (Å²) in [6.07, 6.45) is 0.514. The largest absolute Gasteiger partial charge is 0.463 e. The topological polar surface area (TPSA) is 69.7 Å². The average molecular weight is 330 g/mol. The van der Waals surface area contributed by atoms with Crippen molar-refractivity contribution in [1.82, 2.24) is 0 Å². The highest BCUT2D eigenvalue weighted by Gasteiger charge is 2.43. The molecule has 2 aliphatic rings. The van der Waals surface area contributed by atoms with E-state index in [1.165, 1.54) is 0 Å². The number of hydrogen-bond acceptors (Lipinski definition) is 5. The molecule has 1 saturated carbocycles. The van der Waals surface area contributed by atoms with E-state index in [9.17, 15) is 14.4 Å². The third kappa shape index (κ3) is 3.56. The van der Waals surface area contributed by atoms with Crippen LogP contribution in [0.25, 0.3) is 0 Å². The van der Waals surface area contributed by atoms with Crippen molar-refractivity contribution in [3.05, 3.63) is 35.4 Å². The Hall–Kier alpha value is -2.01. The number of ether oxygens (including phenoxy) is 2. The number of Topliss-reactive ketones (excluding diaryl/α,β-unsaturated/α-hetero) is 2. The van der Waals surface area contributed by atoms with Crippen molar-refractivity contribution in [3.8, 4) is 0 Å². The molecule has 0 unspecified atom stereocenters. The number of benzene rings is 1. The lowest BCUT2D eigenvalue weighted by Gasteiger charge is -2.20. The van der Waals surface area contributed by atoms with E-state index >= 15 is 0 Å². The van der Waals surface area contributed by atoms with Gasteiger partial charge in [0.15, 0.2) is 23.8 Å². The Morgan fingerprint density at radius 1 is 1.12 bits per heavy atom. The smallest absolute Gasteiger partial charge is 0.335 e. The van der Waals surface area contributed by atoms with Gasteiger partial charge in [-0.15, -0.1) is 0 Å². The maximum absolute atomic E-state index is 12.4. The number of carbonyl (C=O) groups excluding carboxylic acids is 3. The lowest BCUT2D eigenvalue weighted by Crippen LogP contribution is -2.37. The highest BCUT2D eigenvalue weighted by Crippen LogP contribution is 2.35. The fourth-order valence-corrected chi connectivity index (χ4v) is 2.81. The van der Waals surface area contributed by atoms with Crippen molar-refractivity contribution in [2.45, 2.75) is 45.3 Å². The van der Waals surface area contributed by atoms with E-state index < -0.39 is 18.2 Å². The van der Waals surface area contributed by atoms with Crippen molar-refractivity contribution >= 4 is 17.5 Å². The Labute approximate surface area is 141 Å². The van der Waals surface area contributed by atoms with Crippen LogP contribution in [0, 0.1) is 11.8 Å². The van der Waals surface area contributed by atoms with Crippen LogP contribution in [0.1, 0.15) is 53.8 Å². The summed E-state index contributed by atoms with van der Waals surface area (Å²) < 4.78 is 11.0. The predicted molar refractivity (Wildman–Crippen MR) is 86.9 cm³/mol. The van der Waals surface area contributed by atoms with Gasteiger partial charge in [0.2, 0.25) is 0 Å². The fraction of sp³-hybridized carbons (Fsp3) is 0.526. The van der Waals surface area contributed by atoms with Crippen molar-refractivity contribution < 1.29 is 23.9 Å². The monoisotopic (exact) mass is 330 g/mol. The summed E-state index contributed by atoms with van der Waals surface area (Å²) in [5.41, 5.74) is 0.737. The van der Waals surface area contributed by atoms with Gasteiger partial charge < -0.3 is 9.47 Å². The Balaban J connectivity index is 1.72. The zero-order chi connectivity index (χ0) is 17.3. The zero-order valence-electron chi connectivity index (χ0n) is 14.0. The van der Waals surface area contributed by atoms with E-state index in [4.69, 9.17) is 9.47 Å². The van der Waals surface area contributed by atoms with Crippen molar-refractivity contribution in [1.29, 1.82) is 0 Å². The second-order valence-corrected chi connectivity index (χ2v) is 6.98. The van der Waals surface area contributed by atoms with Gasteiger partial charge in [0.05, 0.1) is 6.61 Å². The minimum Gasteiger partial charge on any atom is -0.463 e. The quantitative estimate of drug-likeness (QED) is 0.568. The molecule has 0 aromatic heterocycles. The van der Waals surface area contributed by atoms with Crippen LogP contribution in [0.15, 0.2) is 24.3 Å². The first kappa shape index (κ1) is 16.8. The Kier molecular flexibility index (Phi) is 4.81. The maximum Gasteiger partial charge on any atom is 0.335 e. The normalized spacial score (nSPS) is 18.8. The molecule has 3 rings (SSSR count). The molecule has 5 nitrogen and oxygen atoms in total. The van der Waals surface area contributed by atoms with Crippen LogP contribution < -0.4 is 0 Å². The maximum atomic E-state index is 12.4. The SMILES string of the molecule is CC(C)COC(=O)[C@@H](CC1CC1)OC1C(=O)c2ccccc2C1=O. The Bertz CT molecular complexity index is 624. The summed E-state index contributed by atoms with van der Waals surface area (Å²) in [5, 5.41) is 0. The molecule has 0 N–H and O–H groups in total. The van der Waals surface area contributed by atoms with E-state index in [0.717, 1.165) is 12.8 Å². The number of fused-ring (bicyclic) bond motifs is 1. The third-order valence-electron chi connectivity index (χ3n) is 4.30. The predicted octanol–water partition coefficient (Wildman–Crippen LogP) is 2.82. The van der Waals surface area contributed by atoms with Gasteiger partial charge in [0.1, 0.15) is 0 Å².